The van der Waals surface area contributed by atoms with Gasteiger partial charge in [0.1, 0.15) is 18.3 Å². The van der Waals surface area contributed by atoms with Crippen molar-refractivity contribution in [1.29, 1.82) is 0 Å². The molecule has 2 N–H and O–H groups in total. The number of fused-ring (bicyclic) bond motifs is 3. The van der Waals surface area contributed by atoms with Gasteiger partial charge in [0.25, 0.3) is 5.91 Å². The minimum atomic E-state index is -0.942. The average molecular weight is 427 g/mol. The number of rotatable bonds is 5. The molecular weight excluding hydrogens is 402 g/mol. The largest absolute Gasteiger partial charge is 0.353 e. The van der Waals surface area contributed by atoms with Crippen molar-refractivity contribution in [3.63, 3.8) is 0 Å². The van der Waals surface area contributed by atoms with Crippen molar-refractivity contribution in [3.05, 3.63) is 11.6 Å². The number of hydrogen-bond donors (Lipinski definition) is 2. The van der Waals surface area contributed by atoms with Crippen molar-refractivity contribution in [2.75, 3.05) is 11.9 Å². The lowest BCUT2D eigenvalue weighted by Crippen LogP contribution is -2.59. The van der Waals surface area contributed by atoms with E-state index in [0.717, 1.165) is 0 Å². The van der Waals surface area contributed by atoms with Gasteiger partial charge in [0.05, 0.1) is 0 Å². The molecule has 3 aliphatic rings. The molecular formula is C18H25N3O7S. The van der Waals surface area contributed by atoms with E-state index in [0.29, 0.717) is 5.13 Å². The van der Waals surface area contributed by atoms with E-state index in [1.165, 1.54) is 11.3 Å². The lowest BCUT2D eigenvalue weighted by Gasteiger charge is -2.36. The lowest BCUT2D eigenvalue weighted by molar-refractivity contribution is -0.231. The summed E-state index contributed by atoms with van der Waals surface area (Å²) < 4.78 is 29.5. The van der Waals surface area contributed by atoms with Gasteiger partial charge in [-0.2, -0.15) is 0 Å². The van der Waals surface area contributed by atoms with Gasteiger partial charge in [-0.3, -0.25) is 9.59 Å². The number of amides is 2. The molecule has 0 spiro atoms. The first kappa shape index (κ1) is 20.6. The van der Waals surface area contributed by atoms with Gasteiger partial charge < -0.3 is 34.3 Å². The van der Waals surface area contributed by atoms with Crippen molar-refractivity contribution in [2.24, 2.45) is 0 Å². The predicted octanol–water partition coefficient (Wildman–Crippen LogP) is 0.984. The number of nitrogens with one attached hydrogen (secondary N) is 2. The standard InChI is InChI=1S/C18H25N3O7S/c1-17(2)25-10-11(26-17)13-15(28-18(3,4)27-13)24-12(10)14(23)19-6-5-9(22)21-16-20-7-8-29-16/h7-8,10-13,15H,5-6H2,1-4H3,(H,19,23)(H,20,21,22)/t10-,11+,12+,13-,15-/m1/s1. The number of aromatic nitrogens is 1. The maximum atomic E-state index is 12.8. The molecule has 0 unspecified atom stereocenters. The summed E-state index contributed by atoms with van der Waals surface area (Å²) in [6, 6.07) is 0. The van der Waals surface area contributed by atoms with Crippen molar-refractivity contribution in [2.45, 2.75) is 76.4 Å². The molecule has 1 aromatic rings. The van der Waals surface area contributed by atoms with Crippen LogP contribution < -0.4 is 10.6 Å². The normalized spacial score (nSPS) is 34.3. The van der Waals surface area contributed by atoms with Crippen LogP contribution in [-0.4, -0.2) is 65.6 Å². The lowest BCUT2D eigenvalue weighted by atomic mass is 9.98. The Morgan fingerprint density at radius 2 is 1.76 bits per heavy atom. The predicted molar refractivity (Wildman–Crippen MR) is 101 cm³/mol. The Labute approximate surface area is 172 Å². The number of ether oxygens (including phenoxy) is 5. The first-order valence-electron chi connectivity index (χ1n) is 9.47. The zero-order valence-electron chi connectivity index (χ0n) is 16.7. The third-order valence-corrected chi connectivity index (χ3v) is 5.43. The minimum Gasteiger partial charge on any atom is -0.353 e. The Morgan fingerprint density at radius 1 is 1.07 bits per heavy atom. The Kier molecular flexibility index (Phi) is 5.38. The van der Waals surface area contributed by atoms with Crippen LogP contribution in [0.4, 0.5) is 5.13 Å². The smallest absolute Gasteiger partial charge is 0.252 e. The van der Waals surface area contributed by atoms with Crippen LogP contribution in [0.1, 0.15) is 34.1 Å². The van der Waals surface area contributed by atoms with Crippen LogP contribution in [0.15, 0.2) is 11.6 Å². The highest BCUT2D eigenvalue weighted by Gasteiger charge is 2.62. The summed E-state index contributed by atoms with van der Waals surface area (Å²) in [5, 5.41) is 7.68. The molecule has 0 bridgehead atoms. The van der Waals surface area contributed by atoms with E-state index in [1.54, 1.807) is 39.3 Å². The second-order valence-corrected chi connectivity index (χ2v) is 8.91. The number of thiazole rings is 1. The van der Waals surface area contributed by atoms with Gasteiger partial charge in [0.2, 0.25) is 5.91 Å². The van der Waals surface area contributed by atoms with E-state index in [1.807, 2.05) is 0 Å². The van der Waals surface area contributed by atoms with Crippen LogP contribution in [0, 0.1) is 0 Å². The Hall–Kier alpha value is -1.63. The summed E-state index contributed by atoms with van der Waals surface area (Å²) in [6.07, 6.45) is -1.62. The molecule has 3 fully saturated rings. The van der Waals surface area contributed by atoms with Gasteiger partial charge in [0.15, 0.2) is 29.1 Å². The van der Waals surface area contributed by atoms with Gasteiger partial charge in [-0.15, -0.1) is 11.3 Å². The maximum absolute atomic E-state index is 12.8. The van der Waals surface area contributed by atoms with E-state index < -0.39 is 48.2 Å². The number of carbonyl (C=O) groups excluding carboxylic acids is 2. The molecule has 3 aliphatic heterocycles. The van der Waals surface area contributed by atoms with Crippen LogP contribution in [-0.2, 0) is 33.3 Å². The van der Waals surface area contributed by atoms with Crippen LogP contribution in [0.2, 0.25) is 0 Å². The second-order valence-electron chi connectivity index (χ2n) is 8.02. The average Bonchev–Trinajstić information content (AvgIpc) is 3.29. The summed E-state index contributed by atoms with van der Waals surface area (Å²) >= 11 is 1.33. The minimum absolute atomic E-state index is 0.105. The molecule has 3 saturated heterocycles. The topological polar surface area (TPSA) is 117 Å². The van der Waals surface area contributed by atoms with Crippen molar-refractivity contribution in [3.8, 4) is 0 Å². The van der Waals surface area contributed by atoms with E-state index in [2.05, 4.69) is 15.6 Å². The third-order valence-electron chi connectivity index (χ3n) is 4.74. The highest BCUT2D eigenvalue weighted by Crippen LogP contribution is 2.44. The fraction of sp³-hybridized carbons (Fsp3) is 0.722. The summed E-state index contributed by atoms with van der Waals surface area (Å²) in [6.45, 7) is 7.26. The summed E-state index contributed by atoms with van der Waals surface area (Å²) in [4.78, 5) is 28.7. The zero-order valence-corrected chi connectivity index (χ0v) is 17.5. The van der Waals surface area contributed by atoms with Crippen LogP contribution in [0.25, 0.3) is 0 Å². The fourth-order valence-corrected chi connectivity index (χ4v) is 4.24. The Bertz CT molecular complexity index is 770. The molecule has 0 radical (unpaired) electrons. The van der Waals surface area contributed by atoms with Crippen molar-refractivity contribution in [1.82, 2.24) is 10.3 Å². The van der Waals surface area contributed by atoms with Crippen molar-refractivity contribution < 1.29 is 33.3 Å². The van der Waals surface area contributed by atoms with Crippen LogP contribution in [0.5, 0.6) is 0 Å². The molecule has 160 valence electrons. The number of nitrogens with zero attached hydrogens (tertiary/aromatic N) is 1. The molecule has 11 heteroatoms. The maximum Gasteiger partial charge on any atom is 0.252 e. The third kappa shape index (κ3) is 4.44. The first-order chi connectivity index (χ1) is 13.6. The van der Waals surface area contributed by atoms with Crippen LogP contribution >= 0.6 is 11.3 Å². The molecule has 29 heavy (non-hydrogen) atoms. The molecule has 4 rings (SSSR count). The molecule has 0 saturated carbocycles. The molecule has 4 heterocycles. The van der Waals surface area contributed by atoms with Crippen LogP contribution in [0.3, 0.4) is 0 Å². The Balaban J connectivity index is 1.36. The monoisotopic (exact) mass is 427 g/mol. The fourth-order valence-electron chi connectivity index (χ4n) is 3.69. The zero-order chi connectivity index (χ0) is 20.8. The summed E-state index contributed by atoms with van der Waals surface area (Å²) in [5.74, 6) is -2.36. The number of carbonyl (C=O) groups is 2. The van der Waals surface area contributed by atoms with Gasteiger partial charge in [-0.05, 0) is 27.7 Å². The Morgan fingerprint density at radius 3 is 2.48 bits per heavy atom. The number of anilines is 1. The van der Waals surface area contributed by atoms with Gasteiger partial charge in [0, 0.05) is 24.5 Å². The quantitative estimate of drug-likeness (QED) is 0.714. The highest BCUT2D eigenvalue weighted by molar-refractivity contribution is 7.13. The van der Waals surface area contributed by atoms with E-state index in [-0.39, 0.29) is 18.9 Å². The SMILES string of the molecule is CC1(C)O[C@H]2[C@@H](O1)[C@@H](C(=O)NCCC(=O)Nc1nccs1)O[C@@H]1OC(C)(C)O[C@@H]12. The van der Waals surface area contributed by atoms with E-state index >= 15 is 0 Å². The summed E-state index contributed by atoms with van der Waals surface area (Å²) in [5.41, 5.74) is 0. The molecule has 0 aliphatic carbocycles. The van der Waals surface area contributed by atoms with Gasteiger partial charge in [-0.1, -0.05) is 0 Å². The van der Waals surface area contributed by atoms with Crippen molar-refractivity contribution >= 4 is 28.3 Å². The molecule has 0 aromatic carbocycles. The van der Waals surface area contributed by atoms with Gasteiger partial charge in [-0.25, -0.2) is 4.98 Å². The molecule has 2 amide bonds. The van der Waals surface area contributed by atoms with E-state index in [9.17, 15) is 9.59 Å². The highest BCUT2D eigenvalue weighted by atomic mass is 32.1. The molecule has 5 atom stereocenters. The molecule has 10 nitrogen and oxygen atoms in total. The van der Waals surface area contributed by atoms with Gasteiger partial charge >= 0.3 is 0 Å². The second kappa shape index (κ2) is 7.56. The summed E-state index contributed by atoms with van der Waals surface area (Å²) in [7, 11) is 0. The number of hydrogen-bond acceptors (Lipinski definition) is 9. The first-order valence-corrected chi connectivity index (χ1v) is 10.4. The van der Waals surface area contributed by atoms with E-state index in [4.69, 9.17) is 23.7 Å². The molecule has 1 aromatic heterocycles.